The molecule has 0 fully saturated rings. The normalized spacial score (nSPS) is 20.2. The molecule has 4 rings (SSSR count). The van der Waals surface area contributed by atoms with Gasteiger partial charge >= 0.3 is 17.2 Å². The van der Waals surface area contributed by atoms with Gasteiger partial charge in [0.2, 0.25) is 0 Å². The topological polar surface area (TPSA) is 89.5 Å². The van der Waals surface area contributed by atoms with E-state index >= 15 is 0 Å². The fraction of sp³-hybridized carbons (Fsp3) is 0.227. The van der Waals surface area contributed by atoms with Gasteiger partial charge in [0.25, 0.3) is 0 Å². The number of nitriles is 1. The van der Waals surface area contributed by atoms with Crippen molar-refractivity contribution in [2.45, 2.75) is 25.4 Å². The van der Waals surface area contributed by atoms with Crippen molar-refractivity contribution in [1.82, 2.24) is 0 Å². The van der Waals surface area contributed by atoms with Crippen LogP contribution in [0.3, 0.4) is 0 Å². The van der Waals surface area contributed by atoms with Gasteiger partial charge in [-0.15, -0.1) is 0 Å². The third-order valence-electron chi connectivity index (χ3n) is 4.88. The molecule has 0 radical (unpaired) electrons. The predicted octanol–water partition coefficient (Wildman–Crippen LogP) is 3.45. The Morgan fingerprint density at radius 1 is 1.25 bits per heavy atom. The van der Waals surface area contributed by atoms with E-state index in [0.29, 0.717) is 16.5 Å². The summed E-state index contributed by atoms with van der Waals surface area (Å²) in [6, 6.07) is 16.1. The first-order chi connectivity index (χ1) is 13.5. The molecule has 1 aromatic heterocycles. The molecule has 0 spiro atoms. The fourth-order valence-electron chi connectivity index (χ4n) is 3.66. The molecule has 2 aromatic carbocycles. The number of carbonyl (C=O) groups is 1. The third kappa shape index (κ3) is 2.48. The Morgan fingerprint density at radius 2 is 2.00 bits per heavy atom. The quantitative estimate of drug-likeness (QED) is 0.514. The lowest BCUT2D eigenvalue weighted by atomic mass is 9.80. The zero-order valence-corrected chi connectivity index (χ0v) is 15.4. The average Bonchev–Trinajstić information content (AvgIpc) is 3.07. The van der Waals surface area contributed by atoms with E-state index in [1.807, 2.05) is 25.1 Å². The van der Waals surface area contributed by atoms with E-state index in [2.05, 4.69) is 0 Å². The summed E-state index contributed by atoms with van der Waals surface area (Å²) < 4.78 is 16.6. The SMILES string of the molecule is CCOC(=O)C1(C#N)Oc2c(c(=O)oc3ccc(C)cc23)C1c1ccccc1. The molecule has 2 unspecified atom stereocenters. The minimum absolute atomic E-state index is 0.0813. The van der Waals surface area contributed by atoms with Crippen LogP contribution >= 0.6 is 0 Å². The molecule has 1 aliphatic rings. The Kier molecular flexibility index (Phi) is 4.16. The lowest BCUT2D eigenvalue weighted by molar-refractivity contribution is -0.156. The highest BCUT2D eigenvalue weighted by atomic mass is 16.6. The molecule has 0 aliphatic carbocycles. The Bertz CT molecular complexity index is 1180. The molecule has 3 aromatic rings. The summed E-state index contributed by atoms with van der Waals surface area (Å²) in [5, 5.41) is 10.6. The van der Waals surface area contributed by atoms with Crippen molar-refractivity contribution in [3.05, 3.63) is 75.6 Å². The number of hydrogen-bond acceptors (Lipinski definition) is 6. The average molecular weight is 375 g/mol. The van der Waals surface area contributed by atoms with Gasteiger partial charge in [-0.05, 0) is 31.5 Å². The predicted molar refractivity (Wildman–Crippen MR) is 101 cm³/mol. The number of benzene rings is 2. The summed E-state index contributed by atoms with van der Waals surface area (Å²) in [4.78, 5) is 25.7. The molecule has 0 N–H and O–H groups in total. The van der Waals surface area contributed by atoms with E-state index in [1.165, 1.54) is 0 Å². The monoisotopic (exact) mass is 375 g/mol. The number of hydrogen-bond donors (Lipinski definition) is 0. The molecule has 1 aliphatic heterocycles. The highest BCUT2D eigenvalue weighted by molar-refractivity contribution is 5.93. The third-order valence-corrected chi connectivity index (χ3v) is 4.88. The molecule has 28 heavy (non-hydrogen) atoms. The summed E-state index contributed by atoms with van der Waals surface area (Å²) in [6.45, 7) is 3.62. The summed E-state index contributed by atoms with van der Waals surface area (Å²) in [5.41, 5.74) is -0.643. The van der Waals surface area contributed by atoms with Crippen molar-refractivity contribution in [3.8, 4) is 11.8 Å². The van der Waals surface area contributed by atoms with Crippen LogP contribution in [0, 0.1) is 18.3 Å². The summed E-state index contributed by atoms with van der Waals surface area (Å²) in [7, 11) is 0. The summed E-state index contributed by atoms with van der Waals surface area (Å²) in [6.07, 6.45) is 0. The van der Waals surface area contributed by atoms with Crippen molar-refractivity contribution < 1.29 is 18.7 Å². The van der Waals surface area contributed by atoms with Crippen molar-refractivity contribution in [2.24, 2.45) is 0 Å². The molecule has 2 atom stereocenters. The van der Waals surface area contributed by atoms with Crippen LogP contribution in [-0.4, -0.2) is 18.2 Å². The maximum absolute atomic E-state index is 12.9. The second kappa shape index (κ2) is 6.54. The van der Waals surface area contributed by atoms with Gasteiger partial charge in [0.15, 0.2) is 0 Å². The van der Waals surface area contributed by atoms with E-state index < -0.39 is 23.1 Å². The van der Waals surface area contributed by atoms with Crippen LogP contribution < -0.4 is 10.4 Å². The van der Waals surface area contributed by atoms with Crippen molar-refractivity contribution in [2.75, 3.05) is 6.61 Å². The van der Waals surface area contributed by atoms with Crippen molar-refractivity contribution in [3.63, 3.8) is 0 Å². The largest absolute Gasteiger partial charge is 0.462 e. The van der Waals surface area contributed by atoms with Gasteiger partial charge in [0.1, 0.15) is 17.4 Å². The van der Waals surface area contributed by atoms with E-state index in [4.69, 9.17) is 13.9 Å². The van der Waals surface area contributed by atoms with Gasteiger partial charge in [0.05, 0.1) is 23.5 Å². The number of carbonyl (C=O) groups excluding carboxylic acids is 1. The Morgan fingerprint density at radius 3 is 2.68 bits per heavy atom. The van der Waals surface area contributed by atoms with Gasteiger partial charge in [-0.25, -0.2) is 9.59 Å². The molecular weight excluding hydrogens is 358 g/mol. The first-order valence-corrected chi connectivity index (χ1v) is 8.91. The number of ether oxygens (including phenoxy) is 2. The molecular formula is C22H17NO5. The Labute approximate surface area is 160 Å². The number of rotatable bonds is 3. The van der Waals surface area contributed by atoms with Crippen LogP contribution in [-0.2, 0) is 9.53 Å². The maximum atomic E-state index is 12.9. The zero-order chi connectivity index (χ0) is 19.9. The lowest BCUT2D eigenvalue weighted by Gasteiger charge is -2.25. The second-order valence-corrected chi connectivity index (χ2v) is 6.65. The maximum Gasteiger partial charge on any atom is 0.366 e. The van der Waals surface area contributed by atoms with E-state index in [1.54, 1.807) is 43.3 Å². The molecule has 0 saturated heterocycles. The van der Waals surface area contributed by atoms with Crippen LogP contribution in [0.2, 0.25) is 0 Å². The van der Waals surface area contributed by atoms with Crippen LogP contribution in [0.25, 0.3) is 11.0 Å². The minimum Gasteiger partial charge on any atom is -0.462 e. The van der Waals surface area contributed by atoms with Crippen molar-refractivity contribution in [1.29, 1.82) is 5.26 Å². The first-order valence-electron chi connectivity index (χ1n) is 8.91. The minimum atomic E-state index is -2.01. The molecule has 0 amide bonds. The van der Waals surface area contributed by atoms with Crippen LogP contribution in [0.1, 0.15) is 29.5 Å². The van der Waals surface area contributed by atoms with Crippen LogP contribution in [0.15, 0.2) is 57.7 Å². The summed E-state index contributed by atoms with van der Waals surface area (Å²) >= 11 is 0. The van der Waals surface area contributed by atoms with Gasteiger partial charge < -0.3 is 13.9 Å². The number of aryl methyl sites for hydroxylation is 1. The molecule has 0 saturated carbocycles. The highest BCUT2D eigenvalue weighted by Gasteiger charge is 2.59. The van der Waals surface area contributed by atoms with Gasteiger partial charge in [-0.2, -0.15) is 5.26 Å². The zero-order valence-electron chi connectivity index (χ0n) is 15.4. The highest BCUT2D eigenvalue weighted by Crippen LogP contribution is 2.50. The molecule has 0 bridgehead atoms. The molecule has 6 heteroatoms. The standard InChI is InChI=1S/C22H17NO5/c1-3-26-21(25)22(12-23)18(14-7-5-4-6-8-14)17-19(28-22)15-11-13(2)9-10-16(15)27-20(17)24/h4-11,18H,3H2,1-2H3. The van der Waals surface area contributed by atoms with E-state index in [-0.39, 0.29) is 17.9 Å². The Hall–Kier alpha value is -3.59. The summed E-state index contributed by atoms with van der Waals surface area (Å²) in [5.74, 6) is -1.60. The number of esters is 1. The first kappa shape index (κ1) is 17.8. The van der Waals surface area contributed by atoms with Gasteiger partial charge in [-0.1, -0.05) is 42.0 Å². The van der Waals surface area contributed by atoms with E-state index in [0.717, 1.165) is 5.56 Å². The van der Waals surface area contributed by atoms with Crippen LogP contribution in [0.5, 0.6) is 5.75 Å². The van der Waals surface area contributed by atoms with Gasteiger partial charge in [0, 0.05) is 0 Å². The van der Waals surface area contributed by atoms with E-state index in [9.17, 15) is 14.9 Å². The molecule has 140 valence electrons. The molecule has 6 nitrogen and oxygen atoms in total. The lowest BCUT2D eigenvalue weighted by Crippen LogP contribution is -2.47. The fourth-order valence-corrected chi connectivity index (χ4v) is 3.66. The van der Waals surface area contributed by atoms with Crippen molar-refractivity contribution >= 4 is 16.9 Å². The van der Waals surface area contributed by atoms with Crippen LogP contribution in [0.4, 0.5) is 0 Å². The van der Waals surface area contributed by atoms with Gasteiger partial charge in [-0.3, -0.25) is 0 Å². The number of fused-ring (bicyclic) bond motifs is 3. The smallest absolute Gasteiger partial charge is 0.366 e. The molecule has 2 heterocycles. The number of nitrogens with zero attached hydrogens (tertiary/aromatic N) is 1. The Balaban J connectivity index is 2.08. The second-order valence-electron chi connectivity index (χ2n) is 6.65.